The molecule has 1 aromatic carbocycles. The van der Waals surface area contributed by atoms with Crippen LogP contribution in [0, 0.1) is 0 Å². The van der Waals surface area contributed by atoms with E-state index in [9.17, 15) is 18.0 Å². The number of sulfone groups is 1. The second-order valence-corrected chi connectivity index (χ2v) is 13.3. The first-order valence-corrected chi connectivity index (χ1v) is 14.8. The van der Waals surface area contributed by atoms with Crippen LogP contribution in [0.2, 0.25) is 0 Å². The number of amides is 2. The molecule has 2 aliphatic rings. The van der Waals surface area contributed by atoms with E-state index in [1.165, 1.54) is 12.1 Å². The van der Waals surface area contributed by atoms with Crippen molar-refractivity contribution in [1.29, 1.82) is 0 Å². The zero-order chi connectivity index (χ0) is 27.8. The lowest BCUT2D eigenvalue weighted by Crippen LogP contribution is -2.57. The van der Waals surface area contributed by atoms with Crippen molar-refractivity contribution in [3.63, 3.8) is 0 Å². The van der Waals surface area contributed by atoms with Gasteiger partial charge in [0.15, 0.2) is 9.84 Å². The average Bonchev–Trinajstić information content (AvgIpc) is 3.46. The first kappa shape index (κ1) is 26.9. The van der Waals surface area contributed by atoms with Crippen LogP contribution in [-0.2, 0) is 14.6 Å². The maximum Gasteiger partial charge on any atom is 0.407 e. The fourth-order valence-electron chi connectivity index (χ4n) is 5.00. The number of piperazine rings is 1. The van der Waals surface area contributed by atoms with Crippen molar-refractivity contribution < 1.29 is 22.7 Å². The van der Waals surface area contributed by atoms with Gasteiger partial charge in [0.05, 0.1) is 21.6 Å². The number of nitrogens with zero attached hydrogens (tertiary/aromatic N) is 4. The number of hydrogen-bond donors (Lipinski definition) is 2. The highest BCUT2D eigenvalue weighted by atomic mass is 32.2. The number of alkyl carbamates (subject to hydrolysis) is 1. The first-order chi connectivity index (χ1) is 18.5. The predicted molar refractivity (Wildman–Crippen MR) is 146 cm³/mol. The minimum absolute atomic E-state index is 0.0906. The third kappa shape index (κ3) is 5.85. The van der Waals surface area contributed by atoms with Gasteiger partial charge in [0.2, 0.25) is 0 Å². The lowest BCUT2D eigenvalue weighted by Gasteiger charge is -2.42. The van der Waals surface area contributed by atoms with E-state index in [4.69, 9.17) is 4.74 Å². The molecule has 39 heavy (non-hydrogen) atoms. The molecule has 1 spiro atoms. The molecule has 1 saturated heterocycles. The van der Waals surface area contributed by atoms with Gasteiger partial charge in [-0.2, -0.15) is 0 Å². The molecule has 1 aliphatic carbocycles. The van der Waals surface area contributed by atoms with E-state index < -0.39 is 21.5 Å². The number of carbonyl (C=O) groups is 2. The van der Waals surface area contributed by atoms with Crippen LogP contribution in [0.25, 0.3) is 11.0 Å². The normalized spacial score (nSPS) is 16.9. The van der Waals surface area contributed by atoms with Crippen molar-refractivity contribution in [2.75, 3.05) is 36.8 Å². The van der Waals surface area contributed by atoms with Gasteiger partial charge in [0, 0.05) is 37.9 Å². The molecule has 0 unspecified atom stereocenters. The average molecular weight is 555 g/mol. The van der Waals surface area contributed by atoms with Crippen LogP contribution in [0.15, 0.2) is 47.8 Å². The predicted octanol–water partition coefficient (Wildman–Crippen LogP) is 3.14. The summed E-state index contributed by atoms with van der Waals surface area (Å²) in [6.45, 7) is 7.36. The minimum atomic E-state index is -3.56. The molecule has 0 atom stereocenters. The Bertz CT molecular complexity index is 1470. The summed E-state index contributed by atoms with van der Waals surface area (Å²) < 4.78 is 30.7. The van der Waals surface area contributed by atoms with Crippen molar-refractivity contribution in [2.45, 2.75) is 56.1 Å². The minimum Gasteiger partial charge on any atom is -0.444 e. The monoisotopic (exact) mass is 554 g/mol. The summed E-state index contributed by atoms with van der Waals surface area (Å²) in [5, 5.41) is 3.53. The quantitative estimate of drug-likeness (QED) is 0.425. The van der Waals surface area contributed by atoms with E-state index in [2.05, 4.69) is 25.2 Å². The fourth-order valence-corrected chi connectivity index (χ4v) is 6.31. The summed E-state index contributed by atoms with van der Waals surface area (Å²) in [5.74, 6) is 0.654. The number of rotatable bonds is 7. The van der Waals surface area contributed by atoms with Gasteiger partial charge in [-0.1, -0.05) is 0 Å². The van der Waals surface area contributed by atoms with E-state index in [1.807, 2.05) is 17.2 Å². The lowest BCUT2D eigenvalue weighted by molar-refractivity contribution is 0.0527. The summed E-state index contributed by atoms with van der Waals surface area (Å²) >= 11 is 0. The van der Waals surface area contributed by atoms with E-state index >= 15 is 0 Å². The largest absolute Gasteiger partial charge is 0.444 e. The second-order valence-electron chi connectivity index (χ2n) is 11.2. The Kier molecular flexibility index (Phi) is 7.00. The standard InChI is InChI=1S/C27H34N6O5S/c1-26(2,3)38-25(35)29-12-4-16-39(36,37)20-7-5-19(6-8-20)24(34)33-15-14-32(17-27(33)10-11-27)23-21-9-13-28-22(21)30-18-31-23/h5-9,13,18H,4,10-12,14-17H2,1-3H3,(H,29,35)(H,28,30,31). The maximum absolute atomic E-state index is 13.5. The Hall–Kier alpha value is -3.67. The molecule has 2 N–H and O–H groups in total. The topological polar surface area (TPSA) is 138 Å². The van der Waals surface area contributed by atoms with E-state index in [0.717, 1.165) is 29.7 Å². The van der Waals surface area contributed by atoms with Gasteiger partial charge in [-0.15, -0.1) is 0 Å². The van der Waals surface area contributed by atoms with Gasteiger partial charge in [-0.3, -0.25) is 4.79 Å². The van der Waals surface area contributed by atoms with Gasteiger partial charge < -0.3 is 24.8 Å². The van der Waals surface area contributed by atoms with Crippen LogP contribution >= 0.6 is 0 Å². The molecule has 12 heteroatoms. The Morgan fingerprint density at radius 1 is 1.10 bits per heavy atom. The Balaban J connectivity index is 1.19. The van der Waals surface area contributed by atoms with Gasteiger partial charge in [0.1, 0.15) is 23.4 Å². The lowest BCUT2D eigenvalue weighted by atomic mass is 10.1. The molecule has 5 rings (SSSR count). The summed E-state index contributed by atoms with van der Waals surface area (Å²) in [5.41, 5.74) is 0.399. The molecule has 2 fully saturated rings. The van der Waals surface area contributed by atoms with Crippen molar-refractivity contribution in [3.05, 3.63) is 48.4 Å². The second kappa shape index (κ2) is 10.1. The van der Waals surface area contributed by atoms with Crippen molar-refractivity contribution in [3.8, 4) is 0 Å². The molecule has 2 amide bonds. The third-order valence-corrected chi connectivity index (χ3v) is 8.89. The van der Waals surface area contributed by atoms with Crippen LogP contribution in [0.3, 0.4) is 0 Å². The number of aromatic nitrogens is 3. The number of benzene rings is 1. The van der Waals surface area contributed by atoms with Crippen LogP contribution in [0.5, 0.6) is 0 Å². The molecule has 0 radical (unpaired) electrons. The van der Waals surface area contributed by atoms with E-state index in [0.29, 0.717) is 25.2 Å². The number of nitrogens with one attached hydrogen (secondary N) is 2. The molecule has 3 aromatic rings. The van der Waals surface area contributed by atoms with Crippen LogP contribution in [-0.4, -0.2) is 83.3 Å². The maximum atomic E-state index is 13.5. The Morgan fingerprint density at radius 3 is 2.54 bits per heavy atom. The number of aromatic amines is 1. The number of hydrogen-bond acceptors (Lipinski definition) is 8. The smallest absolute Gasteiger partial charge is 0.407 e. The third-order valence-electron chi connectivity index (χ3n) is 7.07. The van der Waals surface area contributed by atoms with Crippen molar-refractivity contribution in [1.82, 2.24) is 25.2 Å². The highest BCUT2D eigenvalue weighted by molar-refractivity contribution is 7.91. The molecule has 11 nitrogen and oxygen atoms in total. The van der Waals surface area contributed by atoms with Gasteiger partial charge in [0.25, 0.3) is 5.91 Å². The van der Waals surface area contributed by atoms with E-state index in [-0.39, 0.29) is 35.1 Å². The summed E-state index contributed by atoms with van der Waals surface area (Å²) in [7, 11) is -3.56. The SMILES string of the molecule is CC(C)(C)OC(=O)NCCCS(=O)(=O)c1ccc(C(=O)N2CCN(c3ncnc4[nH]ccc34)CC23CC3)cc1. The molecule has 1 saturated carbocycles. The number of carbonyl (C=O) groups excluding carboxylic acids is 2. The molecule has 2 aromatic heterocycles. The number of fused-ring (bicyclic) bond motifs is 1. The first-order valence-electron chi connectivity index (χ1n) is 13.1. The number of anilines is 1. The molecule has 0 bridgehead atoms. The van der Waals surface area contributed by atoms with Gasteiger partial charge in [-0.05, 0) is 70.4 Å². The van der Waals surface area contributed by atoms with Crippen LogP contribution in [0.1, 0.15) is 50.4 Å². The summed E-state index contributed by atoms with van der Waals surface area (Å²) in [6, 6.07) is 8.12. The van der Waals surface area contributed by atoms with Crippen LogP contribution in [0.4, 0.5) is 10.6 Å². The Morgan fingerprint density at radius 2 is 1.85 bits per heavy atom. The van der Waals surface area contributed by atoms with Gasteiger partial charge in [-0.25, -0.2) is 23.2 Å². The Labute approximate surface area is 227 Å². The summed E-state index contributed by atoms with van der Waals surface area (Å²) in [6.07, 6.45) is 4.91. The molecule has 208 valence electrons. The highest BCUT2D eigenvalue weighted by Gasteiger charge is 2.53. The van der Waals surface area contributed by atoms with Crippen molar-refractivity contribution >= 4 is 38.7 Å². The highest BCUT2D eigenvalue weighted by Crippen LogP contribution is 2.46. The summed E-state index contributed by atoms with van der Waals surface area (Å²) in [4.78, 5) is 41.4. The fraction of sp³-hybridized carbons (Fsp3) is 0.481. The van der Waals surface area contributed by atoms with Crippen molar-refractivity contribution in [2.24, 2.45) is 0 Å². The van der Waals surface area contributed by atoms with Crippen LogP contribution < -0.4 is 10.2 Å². The molecular formula is C27H34N6O5S. The molecule has 1 aliphatic heterocycles. The number of H-pyrrole nitrogens is 1. The number of ether oxygens (including phenoxy) is 1. The zero-order valence-electron chi connectivity index (χ0n) is 22.4. The van der Waals surface area contributed by atoms with Gasteiger partial charge >= 0.3 is 6.09 Å². The van der Waals surface area contributed by atoms with E-state index in [1.54, 1.807) is 39.2 Å². The zero-order valence-corrected chi connectivity index (χ0v) is 23.3. The molecule has 3 heterocycles. The molecular weight excluding hydrogens is 520 g/mol.